The van der Waals surface area contributed by atoms with Gasteiger partial charge in [0.2, 0.25) is 10.0 Å². The Labute approximate surface area is 130 Å². The van der Waals surface area contributed by atoms with Crippen molar-refractivity contribution in [3.63, 3.8) is 0 Å². The van der Waals surface area contributed by atoms with Gasteiger partial charge in [-0.15, -0.1) is 0 Å². The number of hydrogen-bond acceptors (Lipinski definition) is 4. The lowest BCUT2D eigenvalue weighted by Crippen LogP contribution is -2.44. The molecular weight excluding hydrogens is 300 g/mol. The van der Waals surface area contributed by atoms with Gasteiger partial charge in [0.25, 0.3) is 0 Å². The van der Waals surface area contributed by atoms with Gasteiger partial charge >= 0.3 is 0 Å². The minimum Gasteiger partial charge on any atom is -0.246 e. The molecule has 1 aliphatic heterocycles. The molecule has 0 unspecified atom stereocenters. The van der Waals surface area contributed by atoms with Crippen LogP contribution in [0.25, 0.3) is 11.4 Å². The average Bonchev–Trinajstić information content (AvgIpc) is 2.89. The van der Waals surface area contributed by atoms with E-state index >= 15 is 0 Å². The van der Waals surface area contributed by atoms with Gasteiger partial charge in [0.05, 0.1) is 18.8 Å². The smallest absolute Gasteiger partial charge is 0.211 e. The van der Waals surface area contributed by atoms with Crippen LogP contribution in [0.3, 0.4) is 0 Å². The van der Waals surface area contributed by atoms with Crippen molar-refractivity contribution in [2.45, 2.75) is 26.4 Å². The minimum absolute atomic E-state index is 0.126. The van der Waals surface area contributed by atoms with Crippen molar-refractivity contribution in [2.24, 2.45) is 5.92 Å². The third-order valence-electron chi connectivity index (χ3n) is 3.90. The van der Waals surface area contributed by atoms with Crippen molar-refractivity contribution in [3.05, 3.63) is 36.2 Å². The third-order valence-corrected chi connectivity index (χ3v) is 5.16. The maximum absolute atomic E-state index is 12.1. The van der Waals surface area contributed by atoms with Crippen LogP contribution in [0.5, 0.6) is 0 Å². The van der Waals surface area contributed by atoms with E-state index in [1.54, 1.807) is 0 Å². The van der Waals surface area contributed by atoms with E-state index in [4.69, 9.17) is 0 Å². The van der Waals surface area contributed by atoms with Crippen LogP contribution >= 0.6 is 0 Å². The molecule has 0 saturated heterocycles. The van der Waals surface area contributed by atoms with Crippen molar-refractivity contribution in [2.75, 3.05) is 12.8 Å². The summed E-state index contributed by atoms with van der Waals surface area (Å²) in [5, 5.41) is 4.55. The number of aromatic nitrogens is 3. The molecule has 0 bridgehead atoms. The molecule has 0 spiro atoms. The highest BCUT2D eigenvalue weighted by molar-refractivity contribution is 7.88. The first-order valence-corrected chi connectivity index (χ1v) is 9.19. The van der Waals surface area contributed by atoms with Crippen LogP contribution in [0.15, 0.2) is 30.3 Å². The Morgan fingerprint density at radius 2 is 1.86 bits per heavy atom. The molecule has 1 aliphatic rings. The molecular formula is C15H20N4O2S. The maximum Gasteiger partial charge on any atom is 0.211 e. The molecule has 22 heavy (non-hydrogen) atoms. The van der Waals surface area contributed by atoms with Crippen molar-refractivity contribution in [1.29, 1.82) is 0 Å². The average molecular weight is 320 g/mol. The van der Waals surface area contributed by atoms with Gasteiger partial charge < -0.3 is 0 Å². The van der Waals surface area contributed by atoms with Gasteiger partial charge in [-0.3, -0.25) is 0 Å². The van der Waals surface area contributed by atoms with Gasteiger partial charge in [0, 0.05) is 12.1 Å². The summed E-state index contributed by atoms with van der Waals surface area (Å²) < 4.78 is 27.5. The van der Waals surface area contributed by atoms with Crippen LogP contribution in [0.2, 0.25) is 0 Å². The predicted molar refractivity (Wildman–Crippen MR) is 84.6 cm³/mol. The lowest BCUT2D eigenvalue weighted by Gasteiger charge is -2.35. The normalized spacial score (nSPS) is 19.4. The van der Waals surface area contributed by atoms with Crippen molar-refractivity contribution in [1.82, 2.24) is 19.1 Å². The van der Waals surface area contributed by atoms with Crippen LogP contribution in [-0.2, 0) is 16.6 Å². The van der Waals surface area contributed by atoms with E-state index < -0.39 is 10.0 Å². The molecule has 1 atom stereocenters. The summed E-state index contributed by atoms with van der Waals surface area (Å²) >= 11 is 0. The SMILES string of the molecule is CC(C)[C@H]1c2nc(-c3ccccc3)nn2CCN1S(C)(=O)=O. The molecule has 0 amide bonds. The van der Waals surface area contributed by atoms with Gasteiger partial charge in [-0.05, 0) is 5.92 Å². The van der Waals surface area contributed by atoms with Crippen molar-refractivity contribution >= 4 is 10.0 Å². The lowest BCUT2D eigenvalue weighted by molar-refractivity contribution is 0.203. The molecule has 1 aromatic heterocycles. The van der Waals surface area contributed by atoms with Gasteiger partial charge in [-0.1, -0.05) is 44.2 Å². The first-order chi connectivity index (χ1) is 10.4. The molecule has 0 saturated carbocycles. The fourth-order valence-corrected chi connectivity index (χ4v) is 4.07. The van der Waals surface area contributed by atoms with E-state index in [-0.39, 0.29) is 12.0 Å². The van der Waals surface area contributed by atoms with Gasteiger partial charge in [-0.2, -0.15) is 9.40 Å². The Hall–Kier alpha value is -1.73. The molecule has 6 nitrogen and oxygen atoms in total. The van der Waals surface area contributed by atoms with Crippen LogP contribution in [-0.4, -0.2) is 40.3 Å². The largest absolute Gasteiger partial charge is 0.246 e. The van der Waals surface area contributed by atoms with E-state index in [0.717, 1.165) is 11.4 Å². The summed E-state index contributed by atoms with van der Waals surface area (Å²) in [6.07, 6.45) is 1.26. The molecule has 1 aromatic carbocycles. The molecule has 3 rings (SSSR count). The van der Waals surface area contributed by atoms with Gasteiger partial charge in [0.1, 0.15) is 5.82 Å². The summed E-state index contributed by atoms with van der Waals surface area (Å²) in [5.41, 5.74) is 0.942. The Bertz CT molecular complexity index is 768. The van der Waals surface area contributed by atoms with E-state index in [1.165, 1.54) is 10.6 Å². The predicted octanol–water partition coefficient (Wildman–Crippen LogP) is 1.92. The van der Waals surface area contributed by atoms with Gasteiger partial charge in [0.15, 0.2) is 5.82 Å². The zero-order valence-corrected chi connectivity index (χ0v) is 13.8. The quantitative estimate of drug-likeness (QED) is 0.866. The summed E-state index contributed by atoms with van der Waals surface area (Å²) in [4.78, 5) is 4.63. The number of benzene rings is 1. The molecule has 0 radical (unpaired) electrons. The van der Waals surface area contributed by atoms with E-state index in [2.05, 4.69) is 10.1 Å². The summed E-state index contributed by atoms with van der Waals surface area (Å²) in [5.74, 6) is 1.50. The zero-order chi connectivity index (χ0) is 15.9. The topological polar surface area (TPSA) is 68.1 Å². The highest BCUT2D eigenvalue weighted by Gasteiger charge is 2.37. The summed E-state index contributed by atoms with van der Waals surface area (Å²) in [6, 6.07) is 9.48. The maximum atomic E-state index is 12.1. The molecule has 2 heterocycles. The second kappa shape index (κ2) is 5.48. The van der Waals surface area contributed by atoms with Crippen LogP contribution in [0, 0.1) is 5.92 Å². The second-order valence-electron chi connectivity index (χ2n) is 5.95. The highest BCUT2D eigenvalue weighted by atomic mass is 32.2. The minimum atomic E-state index is -3.27. The zero-order valence-electron chi connectivity index (χ0n) is 13.0. The Balaban J connectivity index is 2.07. The summed E-state index contributed by atoms with van der Waals surface area (Å²) in [7, 11) is -3.27. The number of sulfonamides is 1. The highest BCUT2D eigenvalue weighted by Crippen LogP contribution is 2.33. The number of hydrogen-bond donors (Lipinski definition) is 0. The number of nitrogens with zero attached hydrogens (tertiary/aromatic N) is 4. The van der Waals surface area contributed by atoms with Gasteiger partial charge in [-0.25, -0.2) is 18.1 Å². The van der Waals surface area contributed by atoms with Crippen LogP contribution < -0.4 is 0 Å². The number of rotatable bonds is 3. The second-order valence-corrected chi connectivity index (χ2v) is 7.88. The Morgan fingerprint density at radius 3 is 2.45 bits per heavy atom. The molecule has 2 aromatic rings. The van der Waals surface area contributed by atoms with Crippen molar-refractivity contribution in [3.8, 4) is 11.4 Å². The monoisotopic (exact) mass is 320 g/mol. The molecule has 118 valence electrons. The van der Waals surface area contributed by atoms with Crippen LogP contribution in [0.4, 0.5) is 0 Å². The van der Waals surface area contributed by atoms with Crippen molar-refractivity contribution < 1.29 is 8.42 Å². The molecule has 0 fully saturated rings. The fourth-order valence-electron chi connectivity index (χ4n) is 2.91. The van der Waals surface area contributed by atoms with E-state index in [9.17, 15) is 8.42 Å². The lowest BCUT2D eigenvalue weighted by atomic mass is 10.0. The first kappa shape index (κ1) is 15.2. The molecule has 0 aliphatic carbocycles. The standard InChI is InChI=1S/C15H20N4O2S/c1-11(2)13-15-16-14(12-7-5-4-6-8-12)17-18(15)9-10-19(13)22(3,20)21/h4-8,11,13H,9-10H2,1-3H3/t13-/m0/s1. The van der Waals surface area contributed by atoms with E-state index in [1.807, 2.05) is 48.9 Å². The number of fused-ring (bicyclic) bond motifs is 1. The molecule has 7 heteroatoms. The Morgan fingerprint density at radius 1 is 1.18 bits per heavy atom. The van der Waals surface area contributed by atoms with Crippen LogP contribution in [0.1, 0.15) is 25.7 Å². The fraction of sp³-hybridized carbons (Fsp3) is 0.467. The molecule has 0 N–H and O–H groups in total. The third kappa shape index (κ3) is 2.66. The summed E-state index contributed by atoms with van der Waals surface area (Å²) in [6.45, 7) is 4.99. The first-order valence-electron chi connectivity index (χ1n) is 7.35. The van der Waals surface area contributed by atoms with E-state index in [0.29, 0.717) is 18.9 Å². The Kier molecular flexibility index (Phi) is 3.78.